The van der Waals surface area contributed by atoms with E-state index in [1.165, 1.54) is 77.0 Å². The summed E-state index contributed by atoms with van der Waals surface area (Å²) in [6, 6.07) is 0. The molecule has 0 bridgehead atoms. The van der Waals surface area contributed by atoms with E-state index in [2.05, 4.69) is 38.7 Å². The van der Waals surface area contributed by atoms with Crippen LogP contribution in [0.25, 0.3) is 0 Å². The van der Waals surface area contributed by atoms with Gasteiger partial charge in [-0.25, -0.2) is 0 Å². The van der Waals surface area contributed by atoms with Crippen molar-refractivity contribution in [2.45, 2.75) is 117 Å². The molecule has 28 heavy (non-hydrogen) atoms. The van der Waals surface area contributed by atoms with Gasteiger partial charge in [0.2, 0.25) is 0 Å². The molecule has 0 aromatic carbocycles. The Hall–Kier alpha value is -1.36. The Morgan fingerprint density at radius 2 is 1.11 bits per heavy atom. The van der Waals surface area contributed by atoms with Crippen LogP contribution in [0.5, 0.6) is 0 Å². The van der Waals surface area contributed by atoms with Crippen LogP contribution < -0.4 is 0 Å². The molecular weight excluding hydrogens is 344 g/mol. The molecule has 0 aliphatic heterocycles. The van der Waals surface area contributed by atoms with E-state index in [4.69, 9.17) is 9.47 Å². The predicted octanol–water partition coefficient (Wildman–Crippen LogP) is 8.33. The van der Waals surface area contributed by atoms with Crippen molar-refractivity contribution >= 4 is 0 Å². The average molecular weight is 391 g/mol. The van der Waals surface area contributed by atoms with Crippen molar-refractivity contribution in [3.8, 4) is 11.8 Å². The molecule has 0 unspecified atom stereocenters. The third-order valence-corrected chi connectivity index (χ3v) is 4.68. The van der Waals surface area contributed by atoms with E-state index in [0.29, 0.717) is 5.95 Å². The third kappa shape index (κ3) is 20.9. The maximum Gasteiger partial charge on any atom is 0.287 e. The first-order chi connectivity index (χ1) is 13.8. The Bertz CT molecular complexity index is 409. The normalized spacial score (nSPS) is 10.5. The van der Waals surface area contributed by atoms with E-state index in [-0.39, 0.29) is 0 Å². The van der Waals surface area contributed by atoms with E-state index in [1.54, 1.807) is 6.08 Å². The minimum Gasteiger partial charge on any atom is -0.465 e. The quantitative estimate of drug-likeness (QED) is 0.125. The molecule has 2 nitrogen and oxygen atoms in total. The van der Waals surface area contributed by atoms with Crippen molar-refractivity contribution < 1.29 is 9.47 Å². The van der Waals surface area contributed by atoms with Crippen LogP contribution in [0.1, 0.15) is 117 Å². The van der Waals surface area contributed by atoms with Crippen LogP contribution in [0, 0.1) is 11.8 Å². The molecule has 0 heterocycles. The molecule has 0 fully saturated rings. The fourth-order valence-corrected chi connectivity index (χ4v) is 2.86. The van der Waals surface area contributed by atoms with Crippen molar-refractivity contribution in [2.24, 2.45) is 0 Å². The second-order valence-electron chi connectivity index (χ2n) is 7.53. The lowest BCUT2D eigenvalue weighted by molar-refractivity contribution is 0.0326. The number of rotatable bonds is 19. The molecule has 0 amide bonds. The third-order valence-electron chi connectivity index (χ3n) is 4.68. The number of hydrogen-bond donors (Lipinski definition) is 0. The first kappa shape index (κ1) is 26.6. The van der Waals surface area contributed by atoms with Crippen molar-refractivity contribution in [1.82, 2.24) is 0 Å². The van der Waals surface area contributed by atoms with Crippen LogP contribution in [0.4, 0.5) is 0 Å². The van der Waals surface area contributed by atoms with Crippen molar-refractivity contribution in [2.75, 3.05) is 13.2 Å². The number of unbranched alkanes of at least 4 members (excludes halogenated alkanes) is 12. The highest BCUT2D eigenvalue weighted by Gasteiger charge is 1.99. The highest BCUT2D eigenvalue weighted by Crippen LogP contribution is 2.08. The molecule has 0 aliphatic carbocycles. The zero-order valence-electron chi connectivity index (χ0n) is 19.1. The zero-order valence-corrected chi connectivity index (χ0v) is 19.1. The second kappa shape index (κ2) is 23.7. The number of hydrogen-bond acceptors (Lipinski definition) is 2. The van der Waals surface area contributed by atoms with Crippen molar-refractivity contribution in [1.29, 1.82) is 0 Å². The summed E-state index contributed by atoms with van der Waals surface area (Å²) in [6.07, 6.45) is 24.7. The first-order valence-corrected chi connectivity index (χ1v) is 12.0. The monoisotopic (exact) mass is 390 g/mol. The molecule has 0 spiro atoms. The van der Waals surface area contributed by atoms with Gasteiger partial charge >= 0.3 is 0 Å². The van der Waals surface area contributed by atoms with Gasteiger partial charge in [0, 0.05) is 0 Å². The first-order valence-electron chi connectivity index (χ1n) is 12.0. The maximum atomic E-state index is 5.80. The van der Waals surface area contributed by atoms with E-state index >= 15 is 0 Å². The highest BCUT2D eigenvalue weighted by molar-refractivity contribution is 5.23. The fourth-order valence-electron chi connectivity index (χ4n) is 2.86. The molecule has 0 radical (unpaired) electrons. The molecule has 0 aromatic heterocycles. The van der Waals surface area contributed by atoms with Gasteiger partial charge in [0.1, 0.15) is 0 Å². The number of allylic oxidation sites excluding steroid dienone is 3. The van der Waals surface area contributed by atoms with Crippen LogP contribution >= 0.6 is 0 Å². The molecule has 0 saturated carbocycles. The average Bonchev–Trinajstić information content (AvgIpc) is 2.71. The lowest BCUT2D eigenvalue weighted by atomic mass is 10.1. The van der Waals surface area contributed by atoms with Gasteiger partial charge in [0.25, 0.3) is 5.95 Å². The van der Waals surface area contributed by atoms with Crippen LogP contribution in [-0.4, -0.2) is 13.2 Å². The van der Waals surface area contributed by atoms with Crippen LogP contribution in [0.2, 0.25) is 0 Å². The summed E-state index contributed by atoms with van der Waals surface area (Å²) in [4.78, 5) is 0. The molecule has 0 atom stereocenters. The summed E-state index contributed by atoms with van der Waals surface area (Å²) in [5, 5.41) is 0. The molecule has 0 aromatic rings. The van der Waals surface area contributed by atoms with Gasteiger partial charge in [0.05, 0.1) is 19.3 Å². The molecule has 0 N–H and O–H groups in total. The SMILES string of the molecule is CCCCCCCC/C=C/C#CC=C(OCCCCCC)OCCCCCC. The van der Waals surface area contributed by atoms with Gasteiger partial charge in [0.15, 0.2) is 0 Å². The molecule has 2 heteroatoms. The molecule has 0 rings (SSSR count). The van der Waals surface area contributed by atoms with Gasteiger partial charge in [-0.15, -0.1) is 0 Å². The van der Waals surface area contributed by atoms with Gasteiger partial charge < -0.3 is 9.47 Å². The standard InChI is InChI=1S/C26H46O2/c1-4-7-10-13-14-15-16-17-18-19-20-23-26(27-24-21-11-8-5-2)28-25-22-12-9-6-3/h17-18,23H,4-16,21-22,24-25H2,1-3H3/b18-17+. The molecule has 162 valence electrons. The van der Waals surface area contributed by atoms with E-state index in [1.807, 2.05) is 6.08 Å². The second-order valence-corrected chi connectivity index (χ2v) is 7.53. The van der Waals surface area contributed by atoms with Gasteiger partial charge in [-0.1, -0.05) is 109 Å². The summed E-state index contributed by atoms with van der Waals surface area (Å²) in [5.41, 5.74) is 0. The van der Waals surface area contributed by atoms with E-state index in [9.17, 15) is 0 Å². The summed E-state index contributed by atoms with van der Waals surface area (Å²) in [7, 11) is 0. The highest BCUT2D eigenvalue weighted by atomic mass is 16.7. The molecule has 0 aliphatic rings. The van der Waals surface area contributed by atoms with Gasteiger partial charge in [-0.3, -0.25) is 0 Å². The summed E-state index contributed by atoms with van der Waals surface area (Å²) >= 11 is 0. The topological polar surface area (TPSA) is 18.5 Å². The maximum absolute atomic E-state index is 5.80. The van der Waals surface area contributed by atoms with E-state index < -0.39 is 0 Å². The van der Waals surface area contributed by atoms with Gasteiger partial charge in [-0.05, 0) is 31.8 Å². The Balaban J connectivity index is 4.12. The Morgan fingerprint density at radius 3 is 1.68 bits per heavy atom. The largest absolute Gasteiger partial charge is 0.465 e. The Morgan fingerprint density at radius 1 is 0.607 bits per heavy atom. The predicted molar refractivity (Wildman–Crippen MR) is 123 cm³/mol. The van der Waals surface area contributed by atoms with Crippen LogP contribution in [0.3, 0.4) is 0 Å². The van der Waals surface area contributed by atoms with Crippen LogP contribution in [0.15, 0.2) is 24.2 Å². The summed E-state index contributed by atoms with van der Waals surface area (Å²) in [5.74, 6) is 6.73. The lowest BCUT2D eigenvalue weighted by Gasteiger charge is -2.11. The van der Waals surface area contributed by atoms with Crippen LogP contribution in [-0.2, 0) is 9.47 Å². The number of ether oxygens (including phenoxy) is 2. The smallest absolute Gasteiger partial charge is 0.287 e. The van der Waals surface area contributed by atoms with Crippen molar-refractivity contribution in [3.05, 3.63) is 24.2 Å². The molecule has 0 saturated heterocycles. The Labute approximate surface area is 176 Å². The van der Waals surface area contributed by atoms with Gasteiger partial charge in [-0.2, -0.15) is 0 Å². The minimum atomic E-state index is 0.588. The lowest BCUT2D eigenvalue weighted by Crippen LogP contribution is -2.01. The Kier molecular flexibility index (Phi) is 22.5. The molecular formula is C26H46O2. The summed E-state index contributed by atoms with van der Waals surface area (Å²) in [6.45, 7) is 8.14. The minimum absolute atomic E-state index is 0.588. The fraction of sp³-hybridized carbons (Fsp3) is 0.769. The van der Waals surface area contributed by atoms with Crippen molar-refractivity contribution in [3.63, 3.8) is 0 Å². The zero-order chi connectivity index (χ0) is 20.5. The summed E-state index contributed by atoms with van der Waals surface area (Å²) < 4.78 is 11.6. The van der Waals surface area contributed by atoms with E-state index in [0.717, 1.165) is 32.5 Å².